The SMILES string of the molecule is Cc1c(N)nc(C2CC2)nc1NCC1(CO)CCCC1. The maximum Gasteiger partial charge on any atom is 0.136 e. The van der Waals surface area contributed by atoms with Crippen LogP contribution in [0.2, 0.25) is 0 Å². The van der Waals surface area contributed by atoms with Gasteiger partial charge in [-0.1, -0.05) is 12.8 Å². The molecule has 20 heavy (non-hydrogen) atoms. The molecule has 0 amide bonds. The van der Waals surface area contributed by atoms with Crippen LogP contribution in [-0.2, 0) is 0 Å². The molecule has 0 aliphatic heterocycles. The van der Waals surface area contributed by atoms with E-state index in [0.29, 0.717) is 11.7 Å². The molecule has 1 aromatic rings. The molecule has 0 saturated heterocycles. The Morgan fingerprint density at radius 1 is 1.30 bits per heavy atom. The average Bonchev–Trinajstić information content (AvgIpc) is 3.20. The zero-order valence-electron chi connectivity index (χ0n) is 12.2. The minimum absolute atomic E-state index is 0.0197. The van der Waals surface area contributed by atoms with Crippen LogP contribution < -0.4 is 11.1 Å². The number of hydrogen-bond donors (Lipinski definition) is 3. The number of aliphatic hydroxyl groups excluding tert-OH is 1. The van der Waals surface area contributed by atoms with E-state index in [1.807, 2.05) is 6.92 Å². The van der Waals surface area contributed by atoms with Crippen molar-refractivity contribution in [3.8, 4) is 0 Å². The number of nitrogens with zero attached hydrogens (tertiary/aromatic N) is 2. The summed E-state index contributed by atoms with van der Waals surface area (Å²) in [7, 11) is 0. The van der Waals surface area contributed by atoms with Crippen LogP contribution in [0.3, 0.4) is 0 Å². The molecule has 2 saturated carbocycles. The minimum Gasteiger partial charge on any atom is -0.396 e. The molecule has 110 valence electrons. The van der Waals surface area contributed by atoms with Crippen molar-refractivity contribution < 1.29 is 5.11 Å². The second-order valence-corrected chi connectivity index (χ2v) is 6.43. The zero-order valence-corrected chi connectivity index (χ0v) is 12.2. The first kappa shape index (κ1) is 13.6. The molecule has 2 aliphatic carbocycles. The Bertz CT molecular complexity index is 493. The summed E-state index contributed by atoms with van der Waals surface area (Å²) in [6.45, 7) is 2.97. The number of aromatic nitrogens is 2. The summed E-state index contributed by atoms with van der Waals surface area (Å²) in [4.78, 5) is 9.03. The van der Waals surface area contributed by atoms with E-state index < -0.39 is 0 Å². The third-order valence-corrected chi connectivity index (χ3v) is 4.77. The van der Waals surface area contributed by atoms with Crippen molar-refractivity contribution in [2.45, 2.75) is 51.4 Å². The summed E-state index contributed by atoms with van der Waals surface area (Å²) in [5, 5.41) is 13.1. The molecule has 0 bridgehead atoms. The number of nitrogen functional groups attached to an aromatic ring is 1. The van der Waals surface area contributed by atoms with Gasteiger partial charge < -0.3 is 16.2 Å². The smallest absolute Gasteiger partial charge is 0.136 e. The maximum atomic E-state index is 9.67. The molecule has 0 unspecified atom stereocenters. The molecule has 2 fully saturated rings. The predicted octanol–water partition coefficient (Wildman–Crippen LogP) is 2.21. The molecule has 2 aliphatic rings. The minimum atomic E-state index is 0.0197. The van der Waals surface area contributed by atoms with Gasteiger partial charge in [0.05, 0.1) is 6.61 Å². The van der Waals surface area contributed by atoms with Gasteiger partial charge in [-0.05, 0) is 32.6 Å². The second kappa shape index (κ2) is 5.20. The zero-order chi connectivity index (χ0) is 14.2. The molecule has 1 heterocycles. The normalized spacial score (nSPS) is 21.1. The van der Waals surface area contributed by atoms with E-state index in [1.165, 1.54) is 25.7 Å². The van der Waals surface area contributed by atoms with Gasteiger partial charge >= 0.3 is 0 Å². The summed E-state index contributed by atoms with van der Waals surface area (Å²) in [5.41, 5.74) is 6.93. The van der Waals surface area contributed by atoms with Gasteiger partial charge in [0.25, 0.3) is 0 Å². The summed E-state index contributed by atoms with van der Waals surface area (Å²) < 4.78 is 0. The Hall–Kier alpha value is -1.36. The summed E-state index contributed by atoms with van der Waals surface area (Å²) in [5.74, 6) is 2.80. The van der Waals surface area contributed by atoms with Crippen molar-refractivity contribution in [3.63, 3.8) is 0 Å². The van der Waals surface area contributed by atoms with Gasteiger partial charge in [0.15, 0.2) is 0 Å². The lowest BCUT2D eigenvalue weighted by molar-refractivity contribution is 0.142. The molecule has 0 aromatic carbocycles. The van der Waals surface area contributed by atoms with Crippen molar-refractivity contribution in [1.82, 2.24) is 9.97 Å². The molecule has 0 spiro atoms. The maximum absolute atomic E-state index is 9.67. The fourth-order valence-corrected chi connectivity index (χ4v) is 3.04. The highest BCUT2D eigenvalue weighted by molar-refractivity contribution is 5.55. The molecule has 0 atom stereocenters. The lowest BCUT2D eigenvalue weighted by Gasteiger charge is -2.27. The van der Waals surface area contributed by atoms with E-state index in [-0.39, 0.29) is 12.0 Å². The molecule has 5 heteroatoms. The molecule has 0 radical (unpaired) electrons. The summed E-state index contributed by atoms with van der Waals surface area (Å²) in [6, 6.07) is 0. The van der Waals surface area contributed by atoms with Crippen LogP contribution >= 0.6 is 0 Å². The first-order chi connectivity index (χ1) is 9.63. The summed E-state index contributed by atoms with van der Waals surface area (Å²) in [6.07, 6.45) is 6.93. The van der Waals surface area contributed by atoms with Crippen molar-refractivity contribution in [1.29, 1.82) is 0 Å². The Kier molecular flexibility index (Phi) is 3.54. The standard InChI is InChI=1S/C15H24N4O/c1-10-12(16)18-14(11-4-5-11)19-13(10)17-8-15(9-20)6-2-3-7-15/h11,20H,2-9H2,1H3,(H3,16,17,18,19). The van der Waals surface area contributed by atoms with Gasteiger partial charge in [-0.25, -0.2) is 9.97 Å². The fourth-order valence-electron chi connectivity index (χ4n) is 3.04. The van der Waals surface area contributed by atoms with Crippen LogP contribution in [0.1, 0.15) is 55.8 Å². The highest BCUT2D eigenvalue weighted by Crippen LogP contribution is 2.40. The molecule has 5 nitrogen and oxygen atoms in total. The van der Waals surface area contributed by atoms with Crippen LogP contribution in [0, 0.1) is 12.3 Å². The Balaban J connectivity index is 1.76. The van der Waals surface area contributed by atoms with Gasteiger partial charge in [-0.3, -0.25) is 0 Å². The first-order valence-electron chi connectivity index (χ1n) is 7.62. The highest BCUT2D eigenvalue weighted by atomic mass is 16.3. The van der Waals surface area contributed by atoms with Crippen LogP contribution in [0.5, 0.6) is 0 Å². The summed E-state index contributed by atoms with van der Waals surface area (Å²) >= 11 is 0. The van der Waals surface area contributed by atoms with E-state index in [0.717, 1.165) is 36.6 Å². The van der Waals surface area contributed by atoms with Gasteiger partial charge in [0.2, 0.25) is 0 Å². The number of nitrogens with one attached hydrogen (secondary N) is 1. The third-order valence-electron chi connectivity index (χ3n) is 4.77. The van der Waals surface area contributed by atoms with E-state index in [9.17, 15) is 5.11 Å². The Labute approximate surface area is 120 Å². The van der Waals surface area contributed by atoms with Crippen LogP contribution in [0.25, 0.3) is 0 Å². The lowest BCUT2D eigenvalue weighted by Crippen LogP contribution is -2.31. The van der Waals surface area contributed by atoms with E-state index >= 15 is 0 Å². The quantitative estimate of drug-likeness (QED) is 0.768. The average molecular weight is 276 g/mol. The fraction of sp³-hybridized carbons (Fsp3) is 0.733. The Morgan fingerprint density at radius 2 is 2.00 bits per heavy atom. The molecule has 1 aromatic heterocycles. The number of rotatable bonds is 5. The van der Waals surface area contributed by atoms with Crippen molar-refractivity contribution in [2.24, 2.45) is 5.41 Å². The lowest BCUT2D eigenvalue weighted by atomic mass is 9.87. The van der Waals surface area contributed by atoms with Crippen LogP contribution in [0.15, 0.2) is 0 Å². The van der Waals surface area contributed by atoms with Gasteiger partial charge in [-0.15, -0.1) is 0 Å². The van der Waals surface area contributed by atoms with E-state index in [4.69, 9.17) is 5.73 Å². The number of nitrogens with two attached hydrogens (primary N) is 1. The highest BCUT2D eigenvalue weighted by Gasteiger charge is 2.33. The van der Waals surface area contributed by atoms with Crippen LogP contribution in [0.4, 0.5) is 11.6 Å². The van der Waals surface area contributed by atoms with E-state index in [1.54, 1.807) is 0 Å². The predicted molar refractivity (Wildman–Crippen MR) is 79.6 cm³/mol. The van der Waals surface area contributed by atoms with Crippen molar-refractivity contribution >= 4 is 11.6 Å². The molecular weight excluding hydrogens is 252 g/mol. The number of hydrogen-bond acceptors (Lipinski definition) is 5. The van der Waals surface area contributed by atoms with Gasteiger partial charge in [-0.2, -0.15) is 0 Å². The number of anilines is 2. The number of aliphatic hydroxyl groups is 1. The van der Waals surface area contributed by atoms with E-state index in [2.05, 4.69) is 15.3 Å². The van der Waals surface area contributed by atoms with Gasteiger partial charge in [0.1, 0.15) is 17.5 Å². The monoisotopic (exact) mass is 276 g/mol. The Morgan fingerprint density at radius 3 is 2.60 bits per heavy atom. The molecule has 4 N–H and O–H groups in total. The topological polar surface area (TPSA) is 84.1 Å². The molecule has 3 rings (SSSR count). The third kappa shape index (κ3) is 2.59. The second-order valence-electron chi connectivity index (χ2n) is 6.43. The van der Waals surface area contributed by atoms with Gasteiger partial charge in [0, 0.05) is 23.4 Å². The van der Waals surface area contributed by atoms with Crippen LogP contribution in [-0.4, -0.2) is 28.2 Å². The first-order valence-corrected chi connectivity index (χ1v) is 7.62. The van der Waals surface area contributed by atoms with Crippen molar-refractivity contribution in [2.75, 3.05) is 24.2 Å². The largest absolute Gasteiger partial charge is 0.396 e. The molecular formula is C15H24N4O. The van der Waals surface area contributed by atoms with Crippen molar-refractivity contribution in [3.05, 3.63) is 11.4 Å².